The number of rotatable bonds is 6. The lowest BCUT2D eigenvalue weighted by Crippen LogP contribution is -2.30. The minimum absolute atomic E-state index is 0.0840. The first-order valence-corrected chi connectivity index (χ1v) is 11.3. The van der Waals surface area contributed by atoms with Gasteiger partial charge in [-0.15, -0.1) is 11.3 Å². The van der Waals surface area contributed by atoms with Crippen molar-refractivity contribution in [2.75, 3.05) is 6.61 Å². The molecular formula is C26H22N2O3S. The zero-order chi connectivity index (χ0) is 22.1. The van der Waals surface area contributed by atoms with Crippen LogP contribution >= 0.6 is 11.3 Å². The lowest BCUT2D eigenvalue weighted by Gasteiger charge is -2.14. The largest absolute Gasteiger partial charge is 0.491 e. The Morgan fingerprint density at radius 1 is 1.03 bits per heavy atom. The van der Waals surface area contributed by atoms with E-state index in [2.05, 4.69) is 4.98 Å². The molecule has 0 saturated heterocycles. The number of aromatic nitrogens is 2. The summed E-state index contributed by atoms with van der Waals surface area (Å²) < 4.78 is 7.24. The van der Waals surface area contributed by atoms with E-state index in [1.165, 1.54) is 22.2 Å². The Morgan fingerprint density at radius 3 is 2.59 bits per heavy atom. The molecule has 5 aromatic rings. The molecule has 0 spiro atoms. The number of fused-ring (bicyclic) bond motifs is 2. The molecule has 0 saturated carbocycles. The highest BCUT2D eigenvalue weighted by atomic mass is 32.1. The van der Waals surface area contributed by atoms with Gasteiger partial charge < -0.3 is 9.84 Å². The molecule has 6 heteroatoms. The van der Waals surface area contributed by atoms with E-state index in [0.717, 1.165) is 26.8 Å². The summed E-state index contributed by atoms with van der Waals surface area (Å²) in [5.41, 5.74) is 1.85. The molecule has 1 unspecified atom stereocenters. The third-order valence-electron chi connectivity index (χ3n) is 5.52. The fourth-order valence-electron chi connectivity index (χ4n) is 3.88. The van der Waals surface area contributed by atoms with E-state index in [-0.39, 0.29) is 18.7 Å². The maximum absolute atomic E-state index is 13.1. The summed E-state index contributed by atoms with van der Waals surface area (Å²) in [7, 11) is 0. The van der Waals surface area contributed by atoms with E-state index in [0.29, 0.717) is 16.0 Å². The fraction of sp³-hybridized carbons (Fsp3) is 0.154. The van der Waals surface area contributed by atoms with E-state index in [1.54, 1.807) is 0 Å². The van der Waals surface area contributed by atoms with Crippen molar-refractivity contribution in [2.24, 2.45) is 0 Å². The number of aryl methyl sites for hydroxylation is 1. The van der Waals surface area contributed by atoms with E-state index in [4.69, 9.17) is 4.74 Å². The van der Waals surface area contributed by atoms with Crippen molar-refractivity contribution in [1.29, 1.82) is 0 Å². The van der Waals surface area contributed by atoms with Crippen LogP contribution in [0.1, 0.15) is 5.56 Å². The van der Waals surface area contributed by atoms with Crippen molar-refractivity contribution in [3.8, 4) is 16.2 Å². The second kappa shape index (κ2) is 8.57. The number of aliphatic hydroxyl groups is 1. The van der Waals surface area contributed by atoms with Gasteiger partial charge in [0.15, 0.2) is 0 Å². The van der Waals surface area contributed by atoms with Crippen molar-refractivity contribution in [2.45, 2.75) is 19.6 Å². The van der Waals surface area contributed by atoms with Gasteiger partial charge in [0.1, 0.15) is 23.3 Å². The third kappa shape index (κ3) is 3.90. The summed E-state index contributed by atoms with van der Waals surface area (Å²) in [6.45, 7) is 2.15. The first-order chi connectivity index (χ1) is 15.6. The Hall–Kier alpha value is -3.48. The Morgan fingerprint density at radius 2 is 1.78 bits per heavy atom. The number of thiophene rings is 1. The summed E-state index contributed by atoms with van der Waals surface area (Å²) in [5, 5.41) is 13.3. The Bertz CT molecular complexity index is 1460. The van der Waals surface area contributed by atoms with Crippen LogP contribution in [0, 0.1) is 6.92 Å². The number of ether oxygens (including phenoxy) is 1. The molecule has 3 aromatic carbocycles. The predicted octanol–water partition coefficient (Wildman–Crippen LogP) is 5.03. The second-order valence-corrected chi connectivity index (χ2v) is 8.78. The number of aliphatic hydroxyl groups excluding tert-OH is 1. The van der Waals surface area contributed by atoms with Crippen LogP contribution in [-0.4, -0.2) is 27.4 Å². The molecule has 0 aliphatic carbocycles. The van der Waals surface area contributed by atoms with E-state index < -0.39 is 6.10 Å². The van der Waals surface area contributed by atoms with Gasteiger partial charge in [0.25, 0.3) is 5.56 Å². The summed E-state index contributed by atoms with van der Waals surface area (Å²) in [4.78, 5) is 19.4. The van der Waals surface area contributed by atoms with Gasteiger partial charge >= 0.3 is 0 Å². The molecule has 2 aromatic heterocycles. The van der Waals surface area contributed by atoms with E-state index in [1.807, 2.05) is 79.7 Å². The standard InChI is InChI=1S/C26H22N2O3S/c1-17-23-25(32-24(17)19-8-3-2-4-9-19)27-16-28(26(23)30)14-21(29)15-31-22-12-11-18-7-5-6-10-20(18)13-22/h2-13,16,21,29H,14-15H2,1H3. The minimum Gasteiger partial charge on any atom is -0.491 e. The van der Waals surface area contributed by atoms with Crippen LogP contribution in [0.3, 0.4) is 0 Å². The second-order valence-electron chi connectivity index (χ2n) is 7.78. The van der Waals surface area contributed by atoms with Gasteiger partial charge in [-0.3, -0.25) is 9.36 Å². The summed E-state index contributed by atoms with van der Waals surface area (Å²) in [6, 6.07) is 23.9. The van der Waals surface area contributed by atoms with Crippen molar-refractivity contribution in [1.82, 2.24) is 9.55 Å². The summed E-state index contributed by atoms with van der Waals surface area (Å²) >= 11 is 1.52. The molecule has 32 heavy (non-hydrogen) atoms. The number of nitrogens with zero attached hydrogens (tertiary/aromatic N) is 2. The number of benzene rings is 3. The van der Waals surface area contributed by atoms with Crippen LogP contribution < -0.4 is 10.3 Å². The Balaban J connectivity index is 1.34. The minimum atomic E-state index is -0.842. The van der Waals surface area contributed by atoms with Gasteiger partial charge in [-0.25, -0.2) is 4.98 Å². The van der Waals surface area contributed by atoms with Gasteiger partial charge in [-0.05, 0) is 41.0 Å². The summed E-state index contributed by atoms with van der Waals surface area (Å²) in [6.07, 6.45) is 0.667. The predicted molar refractivity (Wildman–Crippen MR) is 130 cm³/mol. The van der Waals surface area contributed by atoms with Gasteiger partial charge in [-0.1, -0.05) is 60.7 Å². The molecule has 0 aliphatic rings. The SMILES string of the molecule is Cc1c(-c2ccccc2)sc2ncn(CC(O)COc3ccc4ccccc4c3)c(=O)c12. The number of hydrogen-bond acceptors (Lipinski definition) is 5. The molecule has 0 bridgehead atoms. The van der Waals surface area contributed by atoms with Gasteiger partial charge in [0, 0.05) is 4.88 Å². The van der Waals surface area contributed by atoms with Gasteiger partial charge in [-0.2, -0.15) is 0 Å². The molecule has 1 atom stereocenters. The molecular weight excluding hydrogens is 420 g/mol. The van der Waals surface area contributed by atoms with Crippen molar-refractivity contribution >= 4 is 32.3 Å². The van der Waals surface area contributed by atoms with Crippen LogP contribution in [0.5, 0.6) is 5.75 Å². The number of hydrogen-bond donors (Lipinski definition) is 1. The molecule has 0 aliphatic heterocycles. The average Bonchev–Trinajstić information content (AvgIpc) is 3.17. The van der Waals surface area contributed by atoms with Crippen LogP contribution in [0.25, 0.3) is 31.4 Å². The topological polar surface area (TPSA) is 64.3 Å². The lowest BCUT2D eigenvalue weighted by atomic mass is 10.1. The van der Waals surface area contributed by atoms with Crippen LogP contribution in [0.4, 0.5) is 0 Å². The van der Waals surface area contributed by atoms with Crippen molar-refractivity contribution in [3.63, 3.8) is 0 Å². The first kappa shape index (κ1) is 20.4. The van der Waals surface area contributed by atoms with Crippen molar-refractivity contribution < 1.29 is 9.84 Å². The Kier molecular flexibility index (Phi) is 5.47. The highest BCUT2D eigenvalue weighted by Gasteiger charge is 2.17. The molecule has 160 valence electrons. The Labute approximate surface area is 189 Å². The average molecular weight is 443 g/mol. The van der Waals surface area contributed by atoms with E-state index >= 15 is 0 Å². The molecule has 0 amide bonds. The maximum atomic E-state index is 13.1. The molecule has 5 rings (SSSR count). The maximum Gasteiger partial charge on any atom is 0.262 e. The van der Waals surface area contributed by atoms with Crippen LogP contribution in [0.2, 0.25) is 0 Å². The monoisotopic (exact) mass is 442 g/mol. The quantitative estimate of drug-likeness (QED) is 0.401. The van der Waals surface area contributed by atoms with Crippen molar-refractivity contribution in [3.05, 3.63) is 95.0 Å². The van der Waals surface area contributed by atoms with Gasteiger partial charge in [0.2, 0.25) is 0 Å². The first-order valence-electron chi connectivity index (χ1n) is 10.4. The van der Waals surface area contributed by atoms with Gasteiger partial charge in [0.05, 0.1) is 18.3 Å². The molecule has 1 N–H and O–H groups in total. The molecule has 2 heterocycles. The van der Waals surface area contributed by atoms with Crippen LogP contribution in [0.15, 0.2) is 83.9 Å². The zero-order valence-electron chi connectivity index (χ0n) is 17.6. The molecule has 0 radical (unpaired) electrons. The fourth-order valence-corrected chi connectivity index (χ4v) is 5.03. The van der Waals surface area contributed by atoms with Crippen LogP contribution in [-0.2, 0) is 6.54 Å². The smallest absolute Gasteiger partial charge is 0.262 e. The highest BCUT2D eigenvalue weighted by molar-refractivity contribution is 7.22. The third-order valence-corrected chi connectivity index (χ3v) is 6.77. The highest BCUT2D eigenvalue weighted by Crippen LogP contribution is 2.35. The summed E-state index contributed by atoms with van der Waals surface area (Å²) in [5.74, 6) is 0.685. The lowest BCUT2D eigenvalue weighted by molar-refractivity contribution is 0.0915. The zero-order valence-corrected chi connectivity index (χ0v) is 18.4. The normalized spacial score (nSPS) is 12.3. The molecule has 5 nitrogen and oxygen atoms in total. The molecule has 0 fully saturated rings. The van der Waals surface area contributed by atoms with E-state index in [9.17, 15) is 9.90 Å².